The Hall–Kier alpha value is -1.07. The summed E-state index contributed by atoms with van der Waals surface area (Å²) in [5.41, 5.74) is 6.68. The number of nitrogens with zero attached hydrogens (tertiary/aromatic N) is 1. The van der Waals surface area contributed by atoms with Crippen molar-refractivity contribution in [2.45, 2.75) is 33.3 Å². The van der Waals surface area contributed by atoms with E-state index < -0.39 is 6.10 Å². The lowest BCUT2D eigenvalue weighted by Gasteiger charge is -2.23. The maximum Gasteiger partial charge on any atom is 0.263 e. The van der Waals surface area contributed by atoms with Crippen molar-refractivity contribution in [3.63, 3.8) is 0 Å². The average molecular weight is 343 g/mol. The summed E-state index contributed by atoms with van der Waals surface area (Å²) in [6.07, 6.45) is 0.332. The number of amides is 1. The Bertz CT molecular complexity index is 447. The Labute approximate surface area is 129 Å². The van der Waals surface area contributed by atoms with Gasteiger partial charge in [-0.1, -0.05) is 6.07 Å². The van der Waals surface area contributed by atoms with E-state index in [0.29, 0.717) is 25.4 Å². The summed E-state index contributed by atoms with van der Waals surface area (Å²) in [5, 5.41) is 0. The molecule has 0 heterocycles. The van der Waals surface area contributed by atoms with Gasteiger partial charge < -0.3 is 15.4 Å². The van der Waals surface area contributed by atoms with Crippen molar-refractivity contribution in [2.75, 3.05) is 19.6 Å². The highest BCUT2D eigenvalue weighted by molar-refractivity contribution is 9.10. The highest BCUT2D eigenvalue weighted by atomic mass is 79.9. The number of hydrogen-bond donors (Lipinski definition) is 1. The van der Waals surface area contributed by atoms with Crippen molar-refractivity contribution >= 4 is 21.8 Å². The Kier molecular flexibility index (Phi) is 7.02. The third-order valence-corrected chi connectivity index (χ3v) is 3.78. The largest absolute Gasteiger partial charge is 0.480 e. The van der Waals surface area contributed by atoms with Gasteiger partial charge in [0, 0.05) is 13.1 Å². The van der Waals surface area contributed by atoms with Crippen LogP contribution in [-0.2, 0) is 11.2 Å². The van der Waals surface area contributed by atoms with Crippen molar-refractivity contribution in [1.82, 2.24) is 4.90 Å². The van der Waals surface area contributed by atoms with Gasteiger partial charge in [-0.2, -0.15) is 0 Å². The molecule has 0 saturated carbocycles. The van der Waals surface area contributed by atoms with Gasteiger partial charge in [-0.15, -0.1) is 0 Å². The summed E-state index contributed by atoms with van der Waals surface area (Å²) in [5.74, 6) is 0.687. The molecule has 0 bridgehead atoms. The summed E-state index contributed by atoms with van der Waals surface area (Å²) >= 11 is 3.48. The molecule has 5 heteroatoms. The molecule has 20 heavy (non-hydrogen) atoms. The standard InChI is InChI=1S/C15H23BrN2O2/c1-4-18(5-2)15(19)11(3)20-14-7-6-12(8-9-17)10-13(14)16/h6-7,10-11H,4-5,8-9,17H2,1-3H3. The first-order valence-corrected chi connectivity index (χ1v) is 7.76. The van der Waals surface area contributed by atoms with Crippen LogP contribution in [0.2, 0.25) is 0 Å². The lowest BCUT2D eigenvalue weighted by atomic mass is 10.1. The molecular formula is C15H23BrN2O2. The zero-order chi connectivity index (χ0) is 15.1. The Morgan fingerprint density at radius 1 is 1.40 bits per heavy atom. The van der Waals surface area contributed by atoms with Gasteiger partial charge in [0.05, 0.1) is 4.47 Å². The van der Waals surface area contributed by atoms with Crippen LogP contribution >= 0.6 is 15.9 Å². The molecule has 1 unspecified atom stereocenters. The summed E-state index contributed by atoms with van der Waals surface area (Å²) in [7, 11) is 0. The molecule has 1 aromatic rings. The molecule has 1 aromatic carbocycles. The smallest absolute Gasteiger partial charge is 0.263 e. The number of rotatable bonds is 7. The highest BCUT2D eigenvalue weighted by Crippen LogP contribution is 2.27. The molecule has 0 fully saturated rings. The zero-order valence-corrected chi connectivity index (χ0v) is 13.9. The van der Waals surface area contributed by atoms with Crippen LogP contribution in [0.5, 0.6) is 5.75 Å². The van der Waals surface area contributed by atoms with E-state index in [1.165, 1.54) is 0 Å². The monoisotopic (exact) mass is 342 g/mol. The average Bonchev–Trinajstić information content (AvgIpc) is 2.43. The fourth-order valence-corrected chi connectivity index (χ4v) is 2.52. The molecule has 4 nitrogen and oxygen atoms in total. The fourth-order valence-electron chi connectivity index (χ4n) is 2.00. The summed E-state index contributed by atoms with van der Waals surface area (Å²) in [6, 6.07) is 5.83. The number of hydrogen-bond acceptors (Lipinski definition) is 3. The van der Waals surface area contributed by atoms with E-state index in [0.717, 1.165) is 16.5 Å². The van der Waals surface area contributed by atoms with Crippen LogP contribution in [0.4, 0.5) is 0 Å². The molecule has 1 rings (SSSR count). The minimum absolute atomic E-state index is 0.00735. The topological polar surface area (TPSA) is 55.6 Å². The fraction of sp³-hybridized carbons (Fsp3) is 0.533. The molecule has 1 atom stereocenters. The molecule has 0 spiro atoms. The van der Waals surface area contributed by atoms with Gasteiger partial charge in [0.15, 0.2) is 6.10 Å². The molecule has 0 aliphatic heterocycles. The van der Waals surface area contributed by atoms with E-state index in [1.54, 1.807) is 11.8 Å². The van der Waals surface area contributed by atoms with E-state index in [9.17, 15) is 4.79 Å². The number of carbonyl (C=O) groups excluding carboxylic acids is 1. The maximum absolute atomic E-state index is 12.2. The number of halogens is 1. The van der Waals surface area contributed by atoms with Gasteiger partial charge in [0.25, 0.3) is 5.91 Å². The number of carbonyl (C=O) groups is 1. The predicted octanol–water partition coefficient (Wildman–Crippen LogP) is 2.59. The van der Waals surface area contributed by atoms with Crippen molar-refractivity contribution in [3.8, 4) is 5.75 Å². The maximum atomic E-state index is 12.2. The first-order chi connectivity index (χ1) is 9.53. The van der Waals surface area contributed by atoms with Crippen molar-refractivity contribution < 1.29 is 9.53 Å². The highest BCUT2D eigenvalue weighted by Gasteiger charge is 2.20. The first kappa shape index (κ1) is 17.0. The van der Waals surface area contributed by atoms with Gasteiger partial charge in [0.1, 0.15) is 5.75 Å². The predicted molar refractivity (Wildman–Crippen MR) is 84.9 cm³/mol. The number of benzene rings is 1. The minimum Gasteiger partial charge on any atom is -0.480 e. The van der Waals surface area contributed by atoms with Gasteiger partial charge >= 0.3 is 0 Å². The Morgan fingerprint density at radius 2 is 2.05 bits per heavy atom. The second-order valence-electron chi connectivity index (χ2n) is 4.57. The number of nitrogens with two attached hydrogens (primary N) is 1. The molecule has 0 aliphatic rings. The molecular weight excluding hydrogens is 320 g/mol. The van der Waals surface area contributed by atoms with Crippen LogP contribution in [-0.4, -0.2) is 36.5 Å². The third kappa shape index (κ3) is 4.49. The van der Waals surface area contributed by atoms with Crippen molar-refractivity contribution in [2.24, 2.45) is 5.73 Å². The SMILES string of the molecule is CCN(CC)C(=O)C(C)Oc1ccc(CCN)cc1Br. The summed E-state index contributed by atoms with van der Waals surface area (Å²) in [4.78, 5) is 13.9. The summed E-state index contributed by atoms with van der Waals surface area (Å²) < 4.78 is 6.61. The third-order valence-electron chi connectivity index (χ3n) is 3.16. The summed E-state index contributed by atoms with van der Waals surface area (Å²) in [6.45, 7) is 7.71. The normalized spacial score (nSPS) is 12.1. The van der Waals surface area contributed by atoms with Crippen molar-refractivity contribution in [3.05, 3.63) is 28.2 Å². The van der Waals surface area contributed by atoms with Gasteiger partial charge in [0.2, 0.25) is 0 Å². The number of ether oxygens (including phenoxy) is 1. The van der Waals surface area contributed by atoms with Crippen LogP contribution in [0.3, 0.4) is 0 Å². The number of likely N-dealkylation sites (N-methyl/N-ethyl adjacent to an activating group) is 1. The van der Waals surface area contributed by atoms with Gasteiger partial charge in [-0.05, 0) is 67.4 Å². The molecule has 0 aliphatic carbocycles. The lowest BCUT2D eigenvalue weighted by Crippen LogP contribution is -2.40. The van der Waals surface area contributed by atoms with Crippen LogP contribution in [0, 0.1) is 0 Å². The van der Waals surface area contributed by atoms with Crippen LogP contribution in [0.15, 0.2) is 22.7 Å². The molecule has 1 amide bonds. The Balaban J connectivity index is 2.75. The second-order valence-corrected chi connectivity index (χ2v) is 5.43. The van der Waals surface area contributed by atoms with Crippen LogP contribution < -0.4 is 10.5 Å². The lowest BCUT2D eigenvalue weighted by molar-refractivity contribution is -0.137. The van der Waals surface area contributed by atoms with Crippen LogP contribution in [0.1, 0.15) is 26.3 Å². The molecule has 2 N–H and O–H groups in total. The van der Waals surface area contributed by atoms with Crippen molar-refractivity contribution in [1.29, 1.82) is 0 Å². The molecule has 112 valence electrons. The quantitative estimate of drug-likeness (QED) is 0.828. The molecule has 0 radical (unpaired) electrons. The second kappa shape index (κ2) is 8.27. The van der Waals surface area contributed by atoms with E-state index in [-0.39, 0.29) is 5.91 Å². The Morgan fingerprint density at radius 3 is 2.55 bits per heavy atom. The van der Waals surface area contributed by atoms with Gasteiger partial charge in [-0.3, -0.25) is 4.79 Å². The minimum atomic E-state index is -0.494. The van der Waals surface area contributed by atoms with E-state index in [2.05, 4.69) is 15.9 Å². The van der Waals surface area contributed by atoms with E-state index in [4.69, 9.17) is 10.5 Å². The van der Waals surface area contributed by atoms with Gasteiger partial charge in [-0.25, -0.2) is 0 Å². The molecule has 0 aromatic heterocycles. The van der Waals surface area contributed by atoms with Crippen LogP contribution in [0.25, 0.3) is 0 Å². The van der Waals surface area contributed by atoms with E-state index >= 15 is 0 Å². The van der Waals surface area contributed by atoms with E-state index in [1.807, 2.05) is 32.0 Å². The zero-order valence-electron chi connectivity index (χ0n) is 12.4. The molecule has 0 saturated heterocycles. The first-order valence-electron chi connectivity index (χ1n) is 6.97.